The van der Waals surface area contributed by atoms with E-state index in [0.717, 1.165) is 23.5 Å². The van der Waals surface area contributed by atoms with Gasteiger partial charge in [-0.15, -0.1) is 11.3 Å². The number of nitrogens with zero attached hydrogens (tertiary/aromatic N) is 1. The topological polar surface area (TPSA) is 50.9 Å². The number of aryl methyl sites for hydroxylation is 4. The fourth-order valence-corrected chi connectivity index (χ4v) is 3.35. The first-order chi connectivity index (χ1) is 9.49. The Balaban J connectivity index is 2.14. The van der Waals surface area contributed by atoms with Crippen molar-refractivity contribution in [2.24, 2.45) is 5.84 Å². The van der Waals surface area contributed by atoms with Crippen LogP contribution in [0.5, 0.6) is 0 Å². The van der Waals surface area contributed by atoms with Crippen LogP contribution in [0.4, 0.5) is 0 Å². The molecular weight excluding hydrogens is 266 g/mol. The van der Waals surface area contributed by atoms with Gasteiger partial charge in [0.15, 0.2) is 0 Å². The molecule has 0 aliphatic rings. The van der Waals surface area contributed by atoms with Crippen LogP contribution in [0.15, 0.2) is 17.5 Å². The Bertz CT molecular complexity index is 566. The number of rotatable bonds is 5. The Kier molecular flexibility index (Phi) is 4.91. The Morgan fingerprint density at radius 3 is 2.30 bits per heavy atom. The fraction of sp³-hybridized carbons (Fsp3) is 0.438. The molecule has 1 unspecified atom stereocenters. The molecule has 0 amide bonds. The molecule has 0 saturated heterocycles. The van der Waals surface area contributed by atoms with E-state index in [1.165, 1.54) is 22.3 Å². The summed E-state index contributed by atoms with van der Waals surface area (Å²) >= 11 is 1.69. The molecule has 0 bridgehead atoms. The summed E-state index contributed by atoms with van der Waals surface area (Å²) in [6, 6.07) is 4.70. The van der Waals surface area contributed by atoms with Gasteiger partial charge in [0.25, 0.3) is 0 Å². The van der Waals surface area contributed by atoms with Crippen LogP contribution in [0.25, 0.3) is 0 Å². The summed E-state index contributed by atoms with van der Waals surface area (Å²) in [7, 11) is 0. The van der Waals surface area contributed by atoms with E-state index in [0.29, 0.717) is 0 Å². The van der Waals surface area contributed by atoms with Crippen molar-refractivity contribution in [3.63, 3.8) is 0 Å². The van der Waals surface area contributed by atoms with Gasteiger partial charge in [0.1, 0.15) is 0 Å². The van der Waals surface area contributed by atoms with Gasteiger partial charge in [-0.25, -0.2) is 4.98 Å². The van der Waals surface area contributed by atoms with E-state index in [4.69, 9.17) is 5.84 Å². The van der Waals surface area contributed by atoms with Gasteiger partial charge in [0.05, 0.1) is 10.7 Å². The summed E-state index contributed by atoms with van der Waals surface area (Å²) < 4.78 is 0. The molecule has 1 heterocycles. The van der Waals surface area contributed by atoms with Gasteiger partial charge in [-0.3, -0.25) is 11.3 Å². The van der Waals surface area contributed by atoms with Crippen LogP contribution in [0.2, 0.25) is 0 Å². The standard InChI is InChI=1S/C16H23N3S/c1-10-5-11(2)16(12(3)6-10)8-14(19-17)7-15-9-20-13(4)18-15/h5-6,9,14,19H,7-8,17H2,1-4H3. The van der Waals surface area contributed by atoms with Crippen LogP contribution in [0.1, 0.15) is 33.0 Å². The molecule has 0 aliphatic carbocycles. The number of hydrogen-bond acceptors (Lipinski definition) is 4. The number of nitrogens with one attached hydrogen (secondary N) is 1. The Morgan fingerprint density at radius 1 is 1.15 bits per heavy atom. The maximum Gasteiger partial charge on any atom is 0.0897 e. The third kappa shape index (κ3) is 3.66. The number of aromatic nitrogens is 1. The molecule has 0 fully saturated rings. The van der Waals surface area contributed by atoms with Crippen LogP contribution in [0, 0.1) is 27.7 Å². The zero-order valence-electron chi connectivity index (χ0n) is 12.7. The van der Waals surface area contributed by atoms with Gasteiger partial charge in [-0.1, -0.05) is 17.7 Å². The summed E-state index contributed by atoms with van der Waals surface area (Å²) in [5.41, 5.74) is 9.46. The van der Waals surface area contributed by atoms with Gasteiger partial charge >= 0.3 is 0 Å². The minimum atomic E-state index is 0.219. The Morgan fingerprint density at radius 2 is 1.80 bits per heavy atom. The van der Waals surface area contributed by atoms with Gasteiger partial charge < -0.3 is 0 Å². The summed E-state index contributed by atoms with van der Waals surface area (Å²) in [6.45, 7) is 8.53. The van der Waals surface area contributed by atoms with E-state index >= 15 is 0 Å². The number of benzene rings is 1. The van der Waals surface area contributed by atoms with Crippen LogP contribution < -0.4 is 11.3 Å². The van der Waals surface area contributed by atoms with Crippen molar-refractivity contribution < 1.29 is 0 Å². The van der Waals surface area contributed by atoms with Crippen molar-refractivity contribution in [2.45, 2.75) is 46.6 Å². The predicted octanol–water partition coefficient (Wildman–Crippen LogP) is 2.99. The fourth-order valence-electron chi connectivity index (χ4n) is 2.72. The zero-order valence-corrected chi connectivity index (χ0v) is 13.5. The van der Waals surface area contributed by atoms with Gasteiger partial charge in [0, 0.05) is 17.8 Å². The lowest BCUT2D eigenvalue weighted by molar-refractivity contribution is 0.516. The van der Waals surface area contributed by atoms with E-state index in [1.54, 1.807) is 11.3 Å². The minimum absolute atomic E-state index is 0.219. The SMILES string of the molecule is Cc1cc(C)c(CC(Cc2csc(C)n2)NN)c(C)c1. The summed E-state index contributed by atoms with van der Waals surface area (Å²) in [5.74, 6) is 5.73. The number of hydrogen-bond donors (Lipinski definition) is 2. The lowest BCUT2D eigenvalue weighted by Gasteiger charge is -2.18. The zero-order chi connectivity index (χ0) is 14.7. The molecule has 0 saturated carbocycles. The molecule has 1 aromatic heterocycles. The largest absolute Gasteiger partial charge is 0.271 e. The van der Waals surface area contributed by atoms with E-state index < -0.39 is 0 Å². The van der Waals surface area contributed by atoms with Crippen LogP contribution >= 0.6 is 11.3 Å². The second kappa shape index (κ2) is 6.48. The summed E-state index contributed by atoms with van der Waals surface area (Å²) in [6.07, 6.45) is 1.80. The predicted molar refractivity (Wildman–Crippen MR) is 86.0 cm³/mol. The second-order valence-electron chi connectivity index (χ2n) is 5.51. The molecule has 3 N–H and O–H groups in total. The molecule has 0 radical (unpaired) electrons. The van der Waals surface area contributed by atoms with Crippen molar-refractivity contribution in [3.05, 3.63) is 50.5 Å². The summed E-state index contributed by atoms with van der Waals surface area (Å²) in [5, 5.41) is 3.23. The van der Waals surface area contributed by atoms with E-state index in [2.05, 4.69) is 48.7 Å². The average molecular weight is 289 g/mol. The van der Waals surface area contributed by atoms with Crippen LogP contribution in [0.3, 0.4) is 0 Å². The van der Waals surface area contributed by atoms with E-state index in [1.807, 2.05) is 6.92 Å². The minimum Gasteiger partial charge on any atom is -0.271 e. The highest BCUT2D eigenvalue weighted by atomic mass is 32.1. The maximum atomic E-state index is 5.73. The highest BCUT2D eigenvalue weighted by molar-refractivity contribution is 7.09. The number of thiazole rings is 1. The lowest BCUT2D eigenvalue weighted by atomic mass is 9.93. The first-order valence-corrected chi connectivity index (χ1v) is 7.81. The van der Waals surface area contributed by atoms with Crippen molar-refractivity contribution in [3.8, 4) is 0 Å². The summed E-state index contributed by atoms with van der Waals surface area (Å²) in [4.78, 5) is 4.52. The average Bonchev–Trinajstić information content (AvgIpc) is 2.77. The maximum absolute atomic E-state index is 5.73. The van der Waals surface area contributed by atoms with Crippen LogP contribution in [-0.4, -0.2) is 11.0 Å². The monoisotopic (exact) mass is 289 g/mol. The molecular formula is C16H23N3S. The molecule has 4 heteroatoms. The van der Waals surface area contributed by atoms with E-state index in [9.17, 15) is 0 Å². The van der Waals surface area contributed by atoms with E-state index in [-0.39, 0.29) is 6.04 Å². The molecule has 3 nitrogen and oxygen atoms in total. The number of hydrazine groups is 1. The highest BCUT2D eigenvalue weighted by Gasteiger charge is 2.14. The van der Waals surface area contributed by atoms with Crippen molar-refractivity contribution >= 4 is 11.3 Å². The van der Waals surface area contributed by atoms with Crippen molar-refractivity contribution in [2.75, 3.05) is 0 Å². The first-order valence-electron chi connectivity index (χ1n) is 6.93. The molecule has 2 rings (SSSR count). The molecule has 20 heavy (non-hydrogen) atoms. The lowest BCUT2D eigenvalue weighted by Crippen LogP contribution is -2.38. The first kappa shape index (κ1) is 15.2. The van der Waals surface area contributed by atoms with Crippen molar-refractivity contribution in [1.82, 2.24) is 10.4 Å². The number of nitrogens with two attached hydrogens (primary N) is 1. The van der Waals surface area contributed by atoms with Gasteiger partial charge in [-0.2, -0.15) is 0 Å². The Hall–Kier alpha value is -1.23. The molecule has 0 spiro atoms. The molecule has 1 aromatic carbocycles. The third-order valence-corrected chi connectivity index (χ3v) is 4.47. The molecule has 108 valence electrons. The highest BCUT2D eigenvalue weighted by Crippen LogP contribution is 2.19. The smallest absolute Gasteiger partial charge is 0.0897 e. The van der Waals surface area contributed by atoms with Crippen molar-refractivity contribution in [1.29, 1.82) is 0 Å². The van der Waals surface area contributed by atoms with Gasteiger partial charge in [-0.05, 0) is 50.8 Å². The quantitative estimate of drug-likeness (QED) is 0.657. The second-order valence-corrected chi connectivity index (χ2v) is 6.57. The Labute approximate surface area is 125 Å². The van der Waals surface area contributed by atoms with Gasteiger partial charge in [0.2, 0.25) is 0 Å². The van der Waals surface area contributed by atoms with Crippen LogP contribution in [-0.2, 0) is 12.8 Å². The molecule has 2 aromatic rings. The molecule has 1 atom stereocenters. The molecule has 0 aliphatic heterocycles. The third-order valence-electron chi connectivity index (χ3n) is 3.65. The normalized spacial score (nSPS) is 12.7.